The number of hydrogen-bond donors (Lipinski definition) is 1. The predicted molar refractivity (Wildman–Crippen MR) is 134 cm³/mol. The van der Waals surface area contributed by atoms with Gasteiger partial charge in [0.1, 0.15) is 0 Å². The number of hydrogen-bond acceptors (Lipinski definition) is 4. The number of para-hydroxylation sites is 2. The molecule has 3 aromatic rings. The molecule has 0 bridgehead atoms. The number of H-pyrrole nitrogens is 1. The first-order valence-corrected chi connectivity index (χ1v) is 12.5. The van der Waals surface area contributed by atoms with Crippen molar-refractivity contribution >= 4 is 16.9 Å². The van der Waals surface area contributed by atoms with Gasteiger partial charge in [-0.2, -0.15) is 0 Å². The number of aromatic amines is 1. The van der Waals surface area contributed by atoms with Crippen molar-refractivity contribution in [3.63, 3.8) is 0 Å². The van der Waals surface area contributed by atoms with E-state index in [-0.39, 0.29) is 23.1 Å². The van der Waals surface area contributed by atoms with Crippen LogP contribution in [0, 0.1) is 12.3 Å². The number of rotatable bonds is 4. The summed E-state index contributed by atoms with van der Waals surface area (Å²) in [4.78, 5) is 37.9. The third-order valence-electron chi connectivity index (χ3n) is 8.11. The monoisotopic (exact) mass is 461 g/mol. The molecule has 5 rings (SSSR count). The molecule has 7 nitrogen and oxygen atoms in total. The molecular formula is C27H35N5O2. The number of nitrogens with one attached hydrogen (secondary N) is 1. The van der Waals surface area contributed by atoms with Crippen molar-refractivity contribution in [1.82, 2.24) is 24.3 Å². The molecule has 7 heteroatoms. The van der Waals surface area contributed by atoms with Gasteiger partial charge in [-0.25, -0.2) is 4.79 Å². The number of amides is 1. The normalized spacial score (nSPS) is 20.5. The van der Waals surface area contributed by atoms with Crippen LogP contribution in [0.1, 0.15) is 62.9 Å². The van der Waals surface area contributed by atoms with Gasteiger partial charge in [0.2, 0.25) is 5.91 Å². The summed E-state index contributed by atoms with van der Waals surface area (Å²) in [7, 11) is 0. The molecule has 1 aromatic carbocycles. The van der Waals surface area contributed by atoms with E-state index in [4.69, 9.17) is 0 Å². The molecule has 1 N–H and O–H groups in total. The Balaban J connectivity index is 1.20. The lowest BCUT2D eigenvalue weighted by Crippen LogP contribution is -2.51. The van der Waals surface area contributed by atoms with Crippen molar-refractivity contribution in [2.45, 2.75) is 58.5 Å². The Morgan fingerprint density at radius 3 is 2.53 bits per heavy atom. The van der Waals surface area contributed by atoms with E-state index in [9.17, 15) is 9.59 Å². The van der Waals surface area contributed by atoms with Crippen molar-refractivity contribution in [3.05, 3.63) is 64.3 Å². The Hall–Kier alpha value is -2.93. The molecule has 4 heterocycles. The molecule has 0 aliphatic carbocycles. The summed E-state index contributed by atoms with van der Waals surface area (Å²) >= 11 is 0. The molecule has 1 unspecified atom stereocenters. The zero-order valence-corrected chi connectivity index (χ0v) is 20.5. The van der Waals surface area contributed by atoms with Gasteiger partial charge in [-0.3, -0.25) is 19.2 Å². The van der Waals surface area contributed by atoms with Crippen LogP contribution in [0.3, 0.4) is 0 Å². The fraction of sp³-hybridized carbons (Fsp3) is 0.519. The van der Waals surface area contributed by atoms with Crippen LogP contribution in [-0.4, -0.2) is 56.4 Å². The molecule has 2 fully saturated rings. The lowest BCUT2D eigenvalue weighted by Gasteiger charge is -2.44. The van der Waals surface area contributed by atoms with Gasteiger partial charge in [0.05, 0.1) is 11.0 Å². The van der Waals surface area contributed by atoms with E-state index >= 15 is 0 Å². The molecule has 2 aliphatic rings. The first-order chi connectivity index (χ1) is 16.4. The number of carbonyl (C=O) groups is 1. The topological polar surface area (TPSA) is 74.2 Å². The minimum absolute atomic E-state index is 0.0520. The highest BCUT2D eigenvalue weighted by Gasteiger charge is 2.41. The van der Waals surface area contributed by atoms with Crippen molar-refractivity contribution in [2.75, 3.05) is 26.2 Å². The van der Waals surface area contributed by atoms with Crippen LogP contribution in [0.2, 0.25) is 0 Å². The zero-order chi connectivity index (χ0) is 23.9. The standard InChI is InChI=1S/C27H35N5O2/c1-19-18-21(8-13-28-19)20(2)30-16-11-27(3,12-17-30)25(33)31-14-9-22(10-15-31)32-24-7-5-4-6-23(24)29-26(32)34/h4-8,13,18,20,22H,9-12,14-17H2,1-3H3,(H,29,34). The highest BCUT2D eigenvalue weighted by molar-refractivity contribution is 5.82. The number of pyridine rings is 1. The summed E-state index contributed by atoms with van der Waals surface area (Å²) in [5, 5.41) is 0. The maximum Gasteiger partial charge on any atom is 0.326 e. The van der Waals surface area contributed by atoms with Gasteiger partial charge >= 0.3 is 5.69 Å². The van der Waals surface area contributed by atoms with Gasteiger partial charge in [0, 0.05) is 42.5 Å². The van der Waals surface area contributed by atoms with Gasteiger partial charge < -0.3 is 9.88 Å². The molecule has 2 aliphatic heterocycles. The highest BCUT2D eigenvalue weighted by atomic mass is 16.2. The first-order valence-electron chi connectivity index (χ1n) is 12.5. The van der Waals surface area contributed by atoms with Crippen molar-refractivity contribution in [3.8, 4) is 0 Å². The number of aryl methyl sites for hydroxylation is 1. The van der Waals surface area contributed by atoms with Crippen molar-refractivity contribution in [2.24, 2.45) is 5.41 Å². The molecule has 2 saturated heterocycles. The number of nitrogens with zero attached hydrogens (tertiary/aromatic N) is 4. The van der Waals surface area contributed by atoms with E-state index in [0.29, 0.717) is 19.1 Å². The molecule has 180 valence electrons. The van der Waals surface area contributed by atoms with Crippen LogP contribution in [0.4, 0.5) is 0 Å². The van der Waals surface area contributed by atoms with E-state index in [0.717, 1.165) is 55.5 Å². The van der Waals surface area contributed by atoms with Crippen LogP contribution >= 0.6 is 0 Å². The van der Waals surface area contributed by atoms with Gasteiger partial charge in [-0.15, -0.1) is 0 Å². The van der Waals surface area contributed by atoms with Gasteiger partial charge in [-0.1, -0.05) is 19.1 Å². The Labute approximate surface area is 200 Å². The van der Waals surface area contributed by atoms with E-state index in [2.05, 4.69) is 40.8 Å². The largest absolute Gasteiger partial charge is 0.342 e. The second-order valence-electron chi connectivity index (χ2n) is 10.3. The molecule has 1 atom stereocenters. The Morgan fingerprint density at radius 2 is 1.82 bits per heavy atom. The number of imidazole rings is 1. The number of likely N-dealkylation sites (tertiary alicyclic amines) is 2. The average molecular weight is 462 g/mol. The van der Waals surface area contributed by atoms with Crippen LogP contribution in [-0.2, 0) is 4.79 Å². The molecular weight excluding hydrogens is 426 g/mol. The Kier molecular flexibility index (Phi) is 6.06. The summed E-state index contributed by atoms with van der Waals surface area (Å²) in [6.45, 7) is 9.68. The van der Waals surface area contributed by atoms with Crippen molar-refractivity contribution < 1.29 is 4.79 Å². The minimum atomic E-state index is -0.311. The lowest BCUT2D eigenvalue weighted by molar-refractivity contribution is -0.145. The summed E-state index contributed by atoms with van der Waals surface area (Å²) in [5.74, 6) is 0.282. The second kappa shape index (κ2) is 9.02. The molecule has 0 saturated carbocycles. The van der Waals surface area contributed by atoms with E-state index in [1.807, 2.05) is 46.9 Å². The number of fused-ring (bicyclic) bond motifs is 1. The van der Waals surface area contributed by atoms with E-state index < -0.39 is 0 Å². The first kappa shape index (κ1) is 22.8. The van der Waals surface area contributed by atoms with Gasteiger partial charge in [0.25, 0.3) is 0 Å². The molecule has 1 amide bonds. The Morgan fingerprint density at radius 1 is 1.12 bits per heavy atom. The van der Waals surface area contributed by atoms with Gasteiger partial charge in [0.15, 0.2) is 0 Å². The average Bonchev–Trinajstić information content (AvgIpc) is 3.19. The van der Waals surface area contributed by atoms with Crippen LogP contribution in [0.5, 0.6) is 0 Å². The third-order valence-corrected chi connectivity index (χ3v) is 8.11. The zero-order valence-electron chi connectivity index (χ0n) is 20.5. The predicted octanol–water partition coefficient (Wildman–Crippen LogP) is 4.06. The number of carbonyl (C=O) groups excluding carboxylic acids is 1. The fourth-order valence-corrected chi connectivity index (χ4v) is 5.80. The highest BCUT2D eigenvalue weighted by Crippen LogP contribution is 2.37. The minimum Gasteiger partial charge on any atom is -0.342 e. The molecule has 2 aromatic heterocycles. The van der Waals surface area contributed by atoms with Crippen LogP contribution in [0.15, 0.2) is 47.4 Å². The maximum absolute atomic E-state index is 13.6. The van der Waals surface area contributed by atoms with E-state index in [1.54, 1.807) is 0 Å². The van der Waals surface area contributed by atoms with Crippen LogP contribution in [0.25, 0.3) is 11.0 Å². The SMILES string of the molecule is Cc1cc(C(C)N2CCC(C)(C(=O)N3CCC(n4c(=O)[nH]c5ccccc54)CC3)CC2)ccn1. The summed E-state index contributed by atoms with van der Waals surface area (Å²) in [5.41, 5.74) is 3.80. The van der Waals surface area contributed by atoms with E-state index in [1.165, 1.54) is 5.56 Å². The molecule has 0 spiro atoms. The smallest absolute Gasteiger partial charge is 0.326 e. The lowest BCUT2D eigenvalue weighted by atomic mass is 9.78. The van der Waals surface area contributed by atoms with Crippen LogP contribution < -0.4 is 5.69 Å². The molecule has 34 heavy (non-hydrogen) atoms. The number of benzene rings is 1. The maximum atomic E-state index is 13.6. The number of piperidine rings is 2. The third kappa shape index (κ3) is 4.17. The second-order valence-corrected chi connectivity index (χ2v) is 10.3. The van der Waals surface area contributed by atoms with Crippen molar-refractivity contribution in [1.29, 1.82) is 0 Å². The summed E-state index contributed by atoms with van der Waals surface area (Å²) < 4.78 is 1.89. The number of aromatic nitrogens is 3. The molecule has 0 radical (unpaired) electrons. The summed E-state index contributed by atoms with van der Waals surface area (Å²) in [6.07, 6.45) is 5.26. The fourth-order valence-electron chi connectivity index (χ4n) is 5.80. The van der Waals surface area contributed by atoms with Gasteiger partial charge in [-0.05, 0) is 82.4 Å². The Bertz CT molecular complexity index is 1230. The quantitative estimate of drug-likeness (QED) is 0.636. The summed E-state index contributed by atoms with van der Waals surface area (Å²) in [6, 6.07) is 12.6.